The highest BCUT2D eigenvalue weighted by molar-refractivity contribution is 5.71. The normalized spacial score (nSPS) is 12.8. The first-order valence-corrected chi connectivity index (χ1v) is 26.8. The lowest BCUT2D eigenvalue weighted by Gasteiger charge is -2.18. The molecular formula is C59H98O6. The van der Waals surface area contributed by atoms with Gasteiger partial charge in [-0.25, -0.2) is 0 Å². The third kappa shape index (κ3) is 51.2. The average molecular weight is 903 g/mol. The number of carbonyl (C=O) groups excluding carboxylic acids is 3. The van der Waals surface area contributed by atoms with Crippen molar-refractivity contribution in [2.45, 2.75) is 245 Å². The Labute approximate surface area is 400 Å². The molecule has 0 spiro atoms. The summed E-state index contributed by atoms with van der Waals surface area (Å²) in [5.74, 6) is -0.990. The van der Waals surface area contributed by atoms with E-state index in [1.807, 2.05) is 0 Å². The molecule has 0 aromatic rings. The maximum Gasteiger partial charge on any atom is 0.306 e. The van der Waals surface area contributed by atoms with Gasteiger partial charge in [0.25, 0.3) is 0 Å². The molecule has 65 heavy (non-hydrogen) atoms. The van der Waals surface area contributed by atoms with Gasteiger partial charge >= 0.3 is 17.9 Å². The molecule has 0 aliphatic carbocycles. The first-order valence-electron chi connectivity index (χ1n) is 26.8. The van der Waals surface area contributed by atoms with Gasteiger partial charge in [-0.3, -0.25) is 14.4 Å². The van der Waals surface area contributed by atoms with Crippen LogP contribution >= 0.6 is 0 Å². The van der Waals surface area contributed by atoms with Gasteiger partial charge in [-0.15, -0.1) is 0 Å². The SMILES string of the molecule is CC\C=C/C=C\C=C/CCCCCCCC(=O)OCC(COC(=O)CCC/C=C\C/C=C\C/C=C\CCCCCCCC)OC(=O)CCCCCCCCC/C=C\C/C=C\CCCCC. The van der Waals surface area contributed by atoms with E-state index >= 15 is 0 Å². The predicted octanol–water partition coefficient (Wildman–Crippen LogP) is 17.8. The third-order valence-electron chi connectivity index (χ3n) is 11.1. The summed E-state index contributed by atoms with van der Waals surface area (Å²) in [5, 5.41) is 0. The Morgan fingerprint density at radius 2 is 0.677 bits per heavy atom. The molecule has 0 amide bonds. The van der Waals surface area contributed by atoms with Crippen LogP contribution in [0.15, 0.2) is 97.2 Å². The summed E-state index contributed by atoms with van der Waals surface area (Å²) in [5.41, 5.74) is 0. The van der Waals surface area contributed by atoms with Gasteiger partial charge in [-0.2, -0.15) is 0 Å². The van der Waals surface area contributed by atoms with Crippen molar-refractivity contribution in [3.8, 4) is 0 Å². The van der Waals surface area contributed by atoms with Crippen LogP contribution in [0.4, 0.5) is 0 Å². The Balaban J connectivity index is 4.50. The molecule has 0 heterocycles. The molecule has 6 heteroatoms. The fraction of sp³-hybridized carbons (Fsp3) is 0.678. The van der Waals surface area contributed by atoms with Gasteiger partial charge < -0.3 is 14.2 Å². The molecule has 1 unspecified atom stereocenters. The standard InChI is InChI=1S/C59H98O6/c1-4-7-10-13-16-19-22-25-27-29-31-34-37-40-43-46-49-52-58(61)64-55-56(54-63-57(60)51-48-45-42-39-36-33-24-21-18-15-12-9-6-3)65-59(62)53-50-47-44-41-38-35-32-30-28-26-23-20-17-14-11-8-5-2/h9,12,15,17-18,20-21,24-28,31,34,40,43,56H,4-8,10-11,13-14,16,19,22-23,29-30,32-33,35-39,41-42,44-55H2,1-3H3/b12-9-,18-15-,20-17-,24-21-,27-25-,28-26-,34-31-,43-40-. The van der Waals surface area contributed by atoms with Gasteiger partial charge in [0.1, 0.15) is 13.2 Å². The second kappa shape index (κ2) is 52.9. The summed E-state index contributed by atoms with van der Waals surface area (Å²) in [6.07, 6.45) is 69.7. The van der Waals surface area contributed by atoms with Gasteiger partial charge in [-0.1, -0.05) is 214 Å². The zero-order chi connectivity index (χ0) is 47.2. The van der Waals surface area contributed by atoms with Crippen LogP contribution in [0.2, 0.25) is 0 Å². The molecule has 0 N–H and O–H groups in total. The molecule has 6 nitrogen and oxygen atoms in total. The summed E-state index contributed by atoms with van der Waals surface area (Å²) >= 11 is 0. The van der Waals surface area contributed by atoms with Crippen LogP contribution in [0, 0.1) is 0 Å². The van der Waals surface area contributed by atoms with E-state index in [0.29, 0.717) is 19.3 Å². The van der Waals surface area contributed by atoms with Gasteiger partial charge in [-0.05, 0) is 103 Å². The van der Waals surface area contributed by atoms with Crippen LogP contribution in [-0.4, -0.2) is 37.2 Å². The summed E-state index contributed by atoms with van der Waals surface area (Å²) < 4.78 is 16.7. The lowest BCUT2D eigenvalue weighted by molar-refractivity contribution is -0.167. The summed E-state index contributed by atoms with van der Waals surface area (Å²) in [4.78, 5) is 38.0. The van der Waals surface area contributed by atoms with E-state index in [1.54, 1.807) is 0 Å². The monoisotopic (exact) mass is 903 g/mol. The minimum absolute atomic E-state index is 0.108. The van der Waals surface area contributed by atoms with Crippen molar-refractivity contribution < 1.29 is 28.6 Å². The molecule has 0 bridgehead atoms. The van der Waals surface area contributed by atoms with Crippen molar-refractivity contribution in [2.24, 2.45) is 0 Å². The van der Waals surface area contributed by atoms with E-state index in [-0.39, 0.29) is 37.5 Å². The second-order valence-electron chi connectivity index (χ2n) is 17.5. The summed E-state index contributed by atoms with van der Waals surface area (Å²) in [7, 11) is 0. The van der Waals surface area contributed by atoms with Crippen molar-refractivity contribution in [1.82, 2.24) is 0 Å². The van der Waals surface area contributed by atoms with Crippen molar-refractivity contribution in [3.05, 3.63) is 97.2 Å². The minimum Gasteiger partial charge on any atom is -0.462 e. The molecular weight excluding hydrogens is 805 g/mol. The summed E-state index contributed by atoms with van der Waals surface area (Å²) in [6, 6.07) is 0. The molecule has 0 saturated carbocycles. The van der Waals surface area contributed by atoms with Crippen LogP contribution in [0.3, 0.4) is 0 Å². The molecule has 0 aromatic heterocycles. The van der Waals surface area contributed by atoms with E-state index in [1.165, 1.54) is 96.3 Å². The fourth-order valence-electron chi connectivity index (χ4n) is 7.08. The highest BCUT2D eigenvalue weighted by Crippen LogP contribution is 2.13. The van der Waals surface area contributed by atoms with E-state index < -0.39 is 6.10 Å². The number of ether oxygens (including phenoxy) is 3. The number of unbranched alkanes of at least 4 members (excludes halogenated alkanes) is 22. The molecule has 0 aromatic carbocycles. The van der Waals surface area contributed by atoms with Gasteiger partial charge in [0.2, 0.25) is 0 Å². The third-order valence-corrected chi connectivity index (χ3v) is 11.1. The fourth-order valence-corrected chi connectivity index (χ4v) is 7.08. The number of allylic oxidation sites excluding steroid dienone is 16. The van der Waals surface area contributed by atoms with Crippen molar-refractivity contribution in [1.29, 1.82) is 0 Å². The minimum atomic E-state index is -0.811. The van der Waals surface area contributed by atoms with Crippen molar-refractivity contribution in [3.63, 3.8) is 0 Å². The topological polar surface area (TPSA) is 78.9 Å². The molecule has 370 valence electrons. The Kier molecular flexibility index (Phi) is 50.0. The molecule has 0 aliphatic rings. The van der Waals surface area contributed by atoms with Gasteiger partial charge in [0, 0.05) is 19.3 Å². The Morgan fingerprint density at radius 3 is 1.15 bits per heavy atom. The highest BCUT2D eigenvalue weighted by atomic mass is 16.6. The largest absolute Gasteiger partial charge is 0.462 e. The van der Waals surface area contributed by atoms with Gasteiger partial charge in [0.05, 0.1) is 0 Å². The molecule has 1 atom stereocenters. The number of hydrogen-bond acceptors (Lipinski definition) is 6. The highest BCUT2D eigenvalue weighted by Gasteiger charge is 2.19. The Hall–Kier alpha value is -3.67. The number of hydrogen-bond donors (Lipinski definition) is 0. The average Bonchev–Trinajstić information content (AvgIpc) is 3.30. The second-order valence-corrected chi connectivity index (χ2v) is 17.5. The van der Waals surface area contributed by atoms with E-state index in [0.717, 1.165) is 96.3 Å². The number of rotatable bonds is 47. The van der Waals surface area contributed by atoms with Crippen LogP contribution in [0.1, 0.15) is 239 Å². The van der Waals surface area contributed by atoms with Crippen LogP contribution < -0.4 is 0 Å². The van der Waals surface area contributed by atoms with Crippen LogP contribution in [0.25, 0.3) is 0 Å². The van der Waals surface area contributed by atoms with Crippen molar-refractivity contribution >= 4 is 17.9 Å². The molecule has 0 radical (unpaired) electrons. The lowest BCUT2D eigenvalue weighted by Crippen LogP contribution is -2.30. The van der Waals surface area contributed by atoms with Crippen LogP contribution in [0.5, 0.6) is 0 Å². The first kappa shape index (κ1) is 61.3. The van der Waals surface area contributed by atoms with E-state index in [2.05, 4.69) is 118 Å². The quantitative estimate of drug-likeness (QED) is 0.0199. The first-order chi connectivity index (χ1) is 32.0. The molecule has 0 saturated heterocycles. The maximum atomic E-state index is 12.8. The Morgan fingerprint density at radius 1 is 0.338 bits per heavy atom. The summed E-state index contributed by atoms with van der Waals surface area (Å²) in [6.45, 7) is 6.40. The number of carbonyl (C=O) groups is 3. The van der Waals surface area contributed by atoms with E-state index in [4.69, 9.17) is 14.2 Å². The smallest absolute Gasteiger partial charge is 0.306 e. The molecule has 0 fully saturated rings. The molecule has 0 aliphatic heterocycles. The maximum absolute atomic E-state index is 12.8. The predicted molar refractivity (Wildman–Crippen MR) is 279 cm³/mol. The van der Waals surface area contributed by atoms with Crippen molar-refractivity contribution in [2.75, 3.05) is 13.2 Å². The van der Waals surface area contributed by atoms with Crippen LogP contribution in [-0.2, 0) is 28.6 Å². The van der Waals surface area contributed by atoms with E-state index in [9.17, 15) is 14.4 Å². The zero-order valence-corrected chi connectivity index (χ0v) is 42.2. The Bertz CT molecular complexity index is 1310. The lowest BCUT2D eigenvalue weighted by atomic mass is 10.1. The number of esters is 3. The van der Waals surface area contributed by atoms with Gasteiger partial charge in [0.15, 0.2) is 6.10 Å². The zero-order valence-electron chi connectivity index (χ0n) is 42.2. The molecule has 0 rings (SSSR count).